The molecule has 3 amide bonds. The zero-order valence-electron chi connectivity index (χ0n) is 10.8. The van der Waals surface area contributed by atoms with Gasteiger partial charge in [0.2, 0.25) is 17.7 Å². The molecule has 1 rings (SSSR count). The van der Waals surface area contributed by atoms with Crippen molar-refractivity contribution in [2.24, 2.45) is 5.92 Å². The third-order valence-electron chi connectivity index (χ3n) is 3.10. The standard InChI is InChI=1S/C12H18N2O5/c1-2-8(12(18)19)7-13-9(15)5-6-14-10(16)3-4-11(14)17/h8H,2-7H2,1H3,(H,13,15)(H,18,19). The van der Waals surface area contributed by atoms with Gasteiger partial charge in [-0.05, 0) is 6.42 Å². The highest BCUT2D eigenvalue weighted by molar-refractivity contribution is 6.02. The Morgan fingerprint density at radius 3 is 2.37 bits per heavy atom. The number of carboxylic acid groups (broad SMARTS) is 1. The second-order valence-corrected chi connectivity index (χ2v) is 4.44. The Kier molecular flexibility index (Phi) is 5.47. The summed E-state index contributed by atoms with van der Waals surface area (Å²) in [6, 6.07) is 0. The van der Waals surface area contributed by atoms with Crippen LogP contribution >= 0.6 is 0 Å². The Morgan fingerprint density at radius 1 is 1.32 bits per heavy atom. The van der Waals surface area contributed by atoms with Gasteiger partial charge in [-0.1, -0.05) is 6.92 Å². The molecular weight excluding hydrogens is 252 g/mol. The van der Waals surface area contributed by atoms with Crippen LogP contribution in [0.25, 0.3) is 0 Å². The minimum absolute atomic E-state index is 0.00747. The molecule has 0 spiro atoms. The summed E-state index contributed by atoms with van der Waals surface area (Å²) in [5.41, 5.74) is 0. The van der Waals surface area contributed by atoms with Crippen LogP contribution in [0.15, 0.2) is 0 Å². The maximum Gasteiger partial charge on any atom is 0.308 e. The van der Waals surface area contributed by atoms with Gasteiger partial charge in [0.25, 0.3) is 0 Å². The smallest absolute Gasteiger partial charge is 0.308 e. The normalized spacial score (nSPS) is 16.6. The summed E-state index contributed by atoms with van der Waals surface area (Å²) >= 11 is 0. The molecule has 7 heteroatoms. The van der Waals surface area contributed by atoms with E-state index >= 15 is 0 Å². The van der Waals surface area contributed by atoms with E-state index < -0.39 is 11.9 Å². The van der Waals surface area contributed by atoms with Gasteiger partial charge in [-0.3, -0.25) is 24.1 Å². The van der Waals surface area contributed by atoms with Gasteiger partial charge in [0.1, 0.15) is 0 Å². The van der Waals surface area contributed by atoms with Crippen molar-refractivity contribution in [2.45, 2.75) is 32.6 Å². The minimum Gasteiger partial charge on any atom is -0.481 e. The lowest BCUT2D eigenvalue weighted by Gasteiger charge is -2.14. The maximum atomic E-state index is 11.5. The lowest BCUT2D eigenvalue weighted by Crippen LogP contribution is -2.36. The summed E-state index contributed by atoms with van der Waals surface area (Å²) < 4.78 is 0. The molecule has 0 aromatic carbocycles. The first-order valence-electron chi connectivity index (χ1n) is 6.28. The number of rotatable bonds is 7. The fraction of sp³-hybridized carbons (Fsp3) is 0.667. The molecule has 1 saturated heterocycles. The number of nitrogens with zero attached hydrogens (tertiary/aromatic N) is 1. The second-order valence-electron chi connectivity index (χ2n) is 4.44. The van der Waals surface area contributed by atoms with E-state index in [0.717, 1.165) is 4.90 Å². The number of carbonyl (C=O) groups is 4. The van der Waals surface area contributed by atoms with E-state index in [1.54, 1.807) is 6.92 Å². The van der Waals surface area contributed by atoms with E-state index in [2.05, 4.69) is 5.32 Å². The van der Waals surface area contributed by atoms with E-state index in [1.807, 2.05) is 0 Å². The highest BCUT2D eigenvalue weighted by atomic mass is 16.4. The monoisotopic (exact) mass is 270 g/mol. The molecule has 0 aromatic heterocycles. The van der Waals surface area contributed by atoms with Crippen molar-refractivity contribution in [2.75, 3.05) is 13.1 Å². The molecule has 1 atom stereocenters. The average Bonchev–Trinajstić information content (AvgIpc) is 2.67. The van der Waals surface area contributed by atoms with Crippen LogP contribution < -0.4 is 5.32 Å². The first-order chi connectivity index (χ1) is 8.95. The highest BCUT2D eigenvalue weighted by Gasteiger charge is 2.28. The molecule has 19 heavy (non-hydrogen) atoms. The van der Waals surface area contributed by atoms with Crippen molar-refractivity contribution in [1.82, 2.24) is 10.2 Å². The zero-order valence-corrected chi connectivity index (χ0v) is 10.8. The van der Waals surface area contributed by atoms with Crippen LogP contribution in [0.1, 0.15) is 32.6 Å². The van der Waals surface area contributed by atoms with Crippen molar-refractivity contribution < 1.29 is 24.3 Å². The molecule has 1 unspecified atom stereocenters. The maximum absolute atomic E-state index is 11.5. The van der Waals surface area contributed by atoms with Crippen LogP contribution in [0.2, 0.25) is 0 Å². The number of amides is 3. The van der Waals surface area contributed by atoms with E-state index in [9.17, 15) is 19.2 Å². The zero-order chi connectivity index (χ0) is 14.4. The second kappa shape index (κ2) is 6.86. The van der Waals surface area contributed by atoms with Crippen molar-refractivity contribution in [3.63, 3.8) is 0 Å². The largest absolute Gasteiger partial charge is 0.481 e. The number of likely N-dealkylation sites (tertiary alicyclic amines) is 1. The van der Waals surface area contributed by atoms with Crippen LogP contribution in [0.3, 0.4) is 0 Å². The predicted molar refractivity (Wildman–Crippen MR) is 65.0 cm³/mol. The molecule has 1 fully saturated rings. The molecule has 1 aliphatic heterocycles. The lowest BCUT2D eigenvalue weighted by atomic mass is 10.1. The predicted octanol–water partition coefficient (Wildman–Crippen LogP) is -0.247. The van der Waals surface area contributed by atoms with E-state index in [1.165, 1.54) is 0 Å². The van der Waals surface area contributed by atoms with Gasteiger partial charge < -0.3 is 10.4 Å². The van der Waals surface area contributed by atoms with Gasteiger partial charge in [-0.25, -0.2) is 0 Å². The number of carboxylic acids is 1. The number of hydrogen-bond acceptors (Lipinski definition) is 4. The van der Waals surface area contributed by atoms with Gasteiger partial charge in [0.05, 0.1) is 5.92 Å². The van der Waals surface area contributed by atoms with Crippen molar-refractivity contribution in [1.29, 1.82) is 0 Å². The van der Waals surface area contributed by atoms with Crippen molar-refractivity contribution in [3.8, 4) is 0 Å². The van der Waals surface area contributed by atoms with E-state index in [0.29, 0.717) is 6.42 Å². The van der Waals surface area contributed by atoms with Crippen molar-refractivity contribution in [3.05, 3.63) is 0 Å². The molecule has 1 heterocycles. The van der Waals surface area contributed by atoms with Crippen LogP contribution in [0.4, 0.5) is 0 Å². The Hall–Kier alpha value is -1.92. The molecule has 7 nitrogen and oxygen atoms in total. The molecule has 0 bridgehead atoms. The van der Waals surface area contributed by atoms with Gasteiger partial charge in [0, 0.05) is 32.4 Å². The van der Waals surface area contributed by atoms with Crippen LogP contribution in [0.5, 0.6) is 0 Å². The topological polar surface area (TPSA) is 104 Å². The Balaban J connectivity index is 2.30. The summed E-state index contributed by atoms with van der Waals surface area (Å²) in [5.74, 6) is -2.43. The quantitative estimate of drug-likeness (QED) is 0.621. The Bertz CT molecular complexity index is 378. The lowest BCUT2D eigenvalue weighted by molar-refractivity contribution is -0.142. The van der Waals surface area contributed by atoms with E-state index in [-0.39, 0.29) is 50.1 Å². The first-order valence-corrected chi connectivity index (χ1v) is 6.28. The SMILES string of the molecule is CCC(CNC(=O)CCN1C(=O)CCC1=O)C(=O)O. The summed E-state index contributed by atoms with van der Waals surface area (Å²) in [7, 11) is 0. The Morgan fingerprint density at radius 2 is 1.89 bits per heavy atom. The summed E-state index contributed by atoms with van der Waals surface area (Å²) in [6.07, 6.45) is 0.848. The molecule has 2 N–H and O–H groups in total. The van der Waals surface area contributed by atoms with Gasteiger partial charge in [-0.2, -0.15) is 0 Å². The van der Waals surface area contributed by atoms with E-state index in [4.69, 9.17) is 5.11 Å². The van der Waals surface area contributed by atoms with Gasteiger partial charge >= 0.3 is 5.97 Å². The molecule has 0 radical (unpaired) electrons. The summed E-state index contributed by atoms with van der Waals surface area (Å²) in [4.78, 5) is 45.9. The Labute approximate surface area is 110 Å². The number of hydrogen-bond donors (Lipinski definition) is 2. The molecule has 106 valence electrons. The van der Waals surface area contributed by atoms with Crippen LogP contribution in [0, 0.1) is 5.92 Å². The molecule has 0 aromatic rings. The molecular formula is C12H18N2O5. The summed E-state index contributed by atoms with van der Waals surface area (Å²) in [6.45, 7) is 1.85. The summed E-state index contributed by atoms with van der Waals surface area (Å²) in [5, 5.41) is 11.3. The third-order valence-corrected chi connectivity index (χ3v) is 3.10. The number of imide groups is 1. The highest BCUT2D eigenvalue weighted by Crippen LogP contribution is 2.11. The number of nitrogens with one attached hydrogen (secondary N) is 1. The molecule has 1 aliphatic rings. The molecule has 0 saturated carbocycles. The third kappa shape index (κ3) is 4.35. The van der Waals surface area contributed by atoms with Crippen LogP contribution in [-0.2, 0) is 19.2 Å². The number of aliphatic carboxylic acids is 1. The van der Waals surface area contributed by atoms with Crippen LogP contribution in [-0.4, -0.2) is 46.8 Å². The minimum atomic E-state index is -0.951. The van der Waals surface area contributed by atoms with Gasteiger partial charge in [0.15, 0.2) is 0 Å². The fourth-order valence-electron chi connectivity index (χ4n) is 1.82. The average molecular weight is 270 g/mol. The molecule has 0 aliphatic carbocycles. The number of carbonyl (C=O) groups excluding carboxylic acids is 3. The van der Waals surface area contributed by atoms with Crippen molar-refractivity contribution >= 4 is 23.7 Å². The first kappa shape index (κ1) is 15.1. The fourth-order valence-corrected chi connectivity index (χ4v) is 1.82. The van der Waals surface area contributed by atoms with Gasteiger partial charge in [-0.15, -0.1) is 0 Å².